The first kappa shape index (κ1) is 17.9. The van der Waals surface area contributed by atoms with E-state index in [2.05, 4.69) is 39.9 Å². The molecular formula is C18H25N5OS. The number of nitrogens with one attached hydrogen (secondary N) is 1. The van der Waals surface area contributed by atoms with Gasteiger partial charge in [0.1, 0.15) is 0 Å². The fraction of sp³-hybridized carbons (Fsp3) is 0.556. The minimum Gasteiger partial charge on any atom is -0.355 e. The summed E-state index contributed by atoms with van der Waals surface area (Å²) in [5, 5.41) is 15.5. The molecule has 0 unspecified atom stereocenters. The largest absolute Gasteiger partial charge is 0.355 e. The molecule has 0 bridgehead atoms. The Labute approximate surface area is 152 Å². The fourth-order valence-electron chi connectivity index (χ4n) is 2.75. The van der Waals surface area contributed by atoms with E-state index >= 15 is 0 Å². The molecule has 0 atom stereocenters. The number of hydrogen-bond acceptors (Lipinski definition) is 5. The maximum atomic E-state index is 12.0. The van der Waals surface area contributed by atoms with Gasteiger partial charge in [-0.2, -0.15) is 4.68 Å². The van der Waals surface area contributed by atoms with Crippen molar-refractivity contribution < 1.29 is 4.79 Å². The Morgan fingerprint density at radius 3 is 2.80 bits per heavy atom. The van der Waals surface area contributed by atoms with Crippen LogP contribution >= 0.6 is 11.8 Å². The molecule has 134 valence electrons. The first-order valence-electron chi connectivity index (χ1n) is 9.03. The summed E-state index contributed by atoms with van der Waals surface area (Å²) in [6, 6.07) is 8.29. The highest BCUT2D eigenvalue weighted by atomic mass is 32.2. The summed E-state index contributed by atoms with van der Waals surface area (Å²) in [6.07, 6.45) is 7.25. The molecule has 0 radical (unpaired) electrons. The molecule has 3 rings (SSSR count). The highest BCUT2D eigenvalue weighted by Gasteiger charge is 2.18. The zero-order valence-electron chi connectivity index (χ0n) is 14.6. The summed E-state index contributed by atoms with van der Waals surface area (Å²) in [6.45, 7) is 2.99. The molecule has 1 heterocycles. The molecule has 1 aromatic carbocycles. The predicted octanol–water partition coefficient (Wildman–Crippen LogP) is 3.01. The van der Waals surface area contributed by atoms with Crippen molar-refractivity contribution in [3.05, 3.63) is 29.8 Å². The third-order valence-electron chi connectivity index (χ3n) is 4.59. The van der Waals surface area contributed by atoms with E-state index in [1.165, 1.54) is 49.4 Å². The molecule has 1 fully saturated rings. The third-order valence-corrected chi connectivity index (χ3v) is 5.51. The topological polar surface area (TPSA) is 72.7 Å². The van der Waals surface area contributed by atoms with Crippen LogP contribution in [0.4, 0.5) is 0 Å². The van der Waals surface area contributed by atoms with E-state index in [-0.39, 0.29) is 5.91 Å². The van der Waals surface area contributed by atoms with E-state index in [1.807, 2.05) is 12.1 Å². The van der Waals surface area contributed by atoms with Crippen LogP contribution in [0.5, 0.6) is 0 Å². The van der Waals surface area contributed by atoms with Crippen LogP contribution in [0, 0.1) is 5.92 Å². The lowest BCUT2D eigenvalue weighted by molar-refractivity contribution is -0.118. The molecule has 0 spiro atoms. The third kappa shape index (κ3) is 5.04. The van der Waals surface area contributed by atoms with E-state index in [0.29, 0.717) is 16.8 Å². The second-order valence-corrected chi connectivity index (χ2v) is 7.48. The van der Waals surface area contributed by atoms with Gasteiger partial charge in [0.2, 0.25) is 11.1 Å². The van der Waals surface area contributed by atoms with Crippen molar-refractivity contribution in [3.63, 3.8) is 0 Å². The van der Waals surface area contributed by atoms with E-state index in [9.17, 15) is 4.79 Å². The van der Waals surface area contributed by atoms with Crippen molar-refractivity contribution in [2.24, 2.45) is 5.92 Å². The van der Waals surface area contributed by atoms with Gasteiger partial charge in [-0.3, -0.25) is 4.79 Å². The number of aromatic nitrogens is 4. The van der Waals surface area contributed by atoms with Crippen LogP contribution in [0.3, 0.4) is 0 Å². The summed E-state index contributed by atoms with van der Waals surface area (Å²) >= 11 is 1.37. The normalized spacial score (nSPS) is 14.3. The zero-order chi connectivity index (χ0) is 17.5. The Kier molecular flexibility index (Phi) is 6.44. The van der Waals surface area contributed by atoms with Gasteiger partial charge in [-0.1, -0.05) is 43.7 Å². The number of aryl methyl sites for hydroxylation is 1. The van der Waals surface area contributed by atoms with Gasteiger partial charge < -0.3 is 5.32 Å². The number of amides is 1. The Balaban J connectivity index is 1.53. The van der Waals surface area contributed by atoms with Crippen molar-refractivity contribution in [1.29, 1.82) is 0 Å². The molecular weight excluding hydrogens is 334 g/mol. The van der Waals surface area contributed by atoms with E-state index in [4.69, 9.17) is 0 Å². The van der Waals surface area contributed by atoms with Crippen molar-refractivity contribution in [2.45, 2.75) is 50.6 Å². The lowest BCUT2D eigenvalue weighted by Crippen LogP contribution is -2.33. The van der Waals surface area contributed by atoms with Crippen LogP contribution in [0.15, 0.2) is 29.4 Å². The molecule has 6 nitrogen and oxygen atoms in total. The van der Waals surface area contributed by atoms with Crippen LogP contribution < -0.4 is 5.32 Å². The molecule has 0 aliphatic heterocycles. The molecule has 1 aliphatic carbocycles. The predicted molar refractivity (Wildman–Crippen MR) is 98.8 cm³/mol. The van der Waals surface area contributed by atoms with Gasteiger partial charge >= 0.3 is 0 Å². The second-order valence-electron chi connectivity index (χ2n) is 6.53. The molecule has 1 N–H and O–H groups in total. The van der Waals surface area contributed by atoms with Crippen LogP contribution in [0.1, 0.15) is 44.6 Å². The SMILES string of the molecule is CCCCc1ccc(-n2nnnc2SCC(=O)NCC2CCC2)cc1. The van der Waals surface area contributed by atoms with Crippen molar-refractivity contribution >= 4 is 17.7 Å². The molecule has 1 amide bonds. The number of carbonyl (C=O) groups is 1. The monoisotopic (exact) mass is 359 g/mol. The fourth-order valence-corrected chi connectivity index (χ4v) is 3.47. The van der Waals surface area contributed by atoms with E-state index in [1.54, 1.807) is 4.68 Å². The van der Waals surface area contributed by atoms with Gasteiger partial charge in [-0.25, -0.2) is 0 Å². The van der Waals surface area contributed by atoms with Crippen molar-refractivity contribution in [2.75, 3.05) is 12.3 Å². The number of benzene rings is 1. The van der Waals surface area contributed by atoms with Crippen molar-refractivity contribution in [3.8, 4) is 5.69 Å². The Morgan fingerprint density at radius 1 is 1.32 bits per heavy atom. The summed E-state index contributed by atoms with van der Waals surface area (Å²) in [5.41, 5.74) is 2.24. The van der Waals surface area contributed by atoms with Gasteiger partial charge in [-0.05, 0) is 59.7 Å². The lowest BCUT2D eigenvalue weighted by Gasteiger charge is -2.25. The van der Waals surface area contributed by atoms with Crippen LogP contribution in [-0.2, 0) is 11.2 Å². The van der Waals surface area contributed by atoms with Crippen molar-refractivity contribution in [1.82, 2.24) is 25.5 Å². The van der Waals surface area contributed by atoms with E-state index in [0.717, 1.165) is 18.7 Å². The zero-order valence-corrected chi connectivity index (χ0v) is 15.5. The quantitative estimate of drug-likeness (QED) is 0.697. The average Bonchev–Trinajstić information content (AvgIpc) is 3.06. The number of thioether (sulfide) groups is 1. The number of carbonyl (C=O) groups excluding carboxylic acids is 1. The second kappa shape index (κ2) is 8.99. The molecule has 25 heavy (non-hydrogen) atoms. The average molecular weight is 359 g/mol. The molecule has 0 saturated heterocycles. The lowest BCUT2D eigenvalue weighted by atomic mass is 9.85. The highest BCUT2D eigenvalue weighted by molar-refractivity contribution is 7.99. The van der Waals surface area contributed by atoms with Gasteiger partial charge in [-0.15, -0.1) is 5.10 Å². The molecule has 1 saturated carbocycles. The minimum absolute atomic E-state index is 0.0429. The first-order valence-corrected chi connectivity index (χ1v) is 10.0. The van der Waals surface area contributed by atoms with Gasteiger partial charge in [0, 0.05) is 6.54 Å². The summed E-state index contributed by atoms with van der Waals surface area (Å²) in [5.74, 6) is 1.05. The molecule has 1 aromatic heterocycles. The molecule has 1 aliphatic rings. The van der Waals surface area contributed by atoms with Crippen LogP contribution in [0.2, 0.25) is 0 Å². The number of unbranched alkanes of at least 4 members (excludes halogenated alkanes) is 1. The van der Waals surface area contributed by atoms with E-state index < -0.39 is 0 Å². The first-order chi connectivity index (χ1) is 12.3. The summed E-state index contributed by atoms with van der Waals surface area (Å²) in [4.78, 5) is 12.0. The summed E-state index contributed by atoms with van der Waals surface area (Å²) in [7, 11) is 0. The molecule has 2 aromatic rings. The maximum absolute atomic E-state index is 12.0. The number of tetrazole rings is 1. The Morgan fingerprint density at radius 2 is 2.12 bits per heavy atom. The summed E-state index contributed by atoms with van der Waals surface area (Å²) < 4.78 is 1.69. The van der Waals surface area contributed by atoms with Gasteiger partial charge in [0.15, 0.2) is 0 Å². The Hall–Kier alpha value is -1.89. The number of nitrogens with zero attached hydrogens (tertiary/aromatic N) is 4. The van der Waals surface area contributed by atoms with Crippen LogP contribution in [-0.4, -0.2) is 38.4 Å². The maximum Gasteiger partial charge on any atom is 0.230 e. The standard InChI is InChI=1S/C18H25N5OS/c1-2-3-5-14-8-10-16(11-9-14)23-18(20-21-22-23)25-13-17(24)19-12-15-6-4-7-15/h8-11,15H,2-7,12-13H2,1H3,(H,19,24). The molecule has 7 heteroatoms. The Bertz CT molecular complexity index is 681. The minimum atomic E-state index is 0.0429. The van der Waals surface area contributed by atoms with Gasteiger partial charge in [0.05, 0.1) is 11.4 Å². The van der Waals surface area contributed by atoms with Gasteiger partial charge in [0.25, 0.3) is 0 Å². The number of hydrogen-bond donors (Lipinski definition) is 1. The smallest absolute Gasteiger partial charge is 0.230 e. The number of rotatable bonds is 9. The highest BCUT2D eigenvalue weighted by Crippen LogP contribution is 2.25. The van der Waals surface area contributed by atoms with Crippen LogP contribution in [0.25, 0.3) is 5.69 Å².